The van der Waals surface area contributed by atoms with Crippen LogP contribution in [0, 0.1) is 11.8 Å². The Morgan fingerprint density at radius 2 is 1.95 bits per heavy atom. The minimum absolute atomic E-state index is 0.104. The molecule has 0 bridgehead atoms. The standard InChI is InChI=1S/C28H25N5O5/c1-37-23-12-16(10-18-13-31-28(30)32-26(18)29)9-17(25(23)38-2)5-3-15-4-8-20-22(11-15)33(19-6-7-19)14-21(24(20)34)27(35)36/h4,8-9,11-14,19H,6-7,10H2,1-2H3,(H,35,36)(H4,29,30,31,32). The first-order valence-electron chi connectivity index (χ1n) is 11.8. The van der Waals surface area contributed by atoms with E-state index >= 15 is 0 Å². The van der Waals surface area contributed by atoms with Crippen LogP contribution in [-0.4, -0.2) is 39.8 Å². The molecule has 0 aliphatic heterocycles. The van der Waals surface area contributed by atoms with Crippen molar-refractivity contribution >= 4 is 28.6 Å². The number of nitrogens with two attached hydrogens (primary N) is 2. The van der Waals surface area contributed by atoms with Gasteiger partial charge in [0.05, 0.1) is 25.3 Å². The van der Waals surface area contributed by atoms with Gasteiger partial charge in [-0.15, -0.1) is 0 Å². The third-order valence-electron chi connectivity index (χ3n) is 6.40. The summed E-state index contributed by atoms with van der Waals surface area (Å²) in [6, 6.07) is 9.04. The maximum Gasteiger partial charge on any atom is 0.341 e. The quantitative estimate of drug-likeness (QED) is 0.331. The topological polar surface area (TPSA) is 156 Å². The predicted octanol–water partition coefficient (Wildman–Crippen LogP) is 3.00. The second-order valence-electron chi connectivity index (χ2n) is 8.99. The molecule has 2 heterocycles. The summed E-state index contributed by atoms with van der Waals surface area (Å²) in [7, 11) is 3.09. The van der Waals surface area contributed by atoms with E-state index in [1.165, 1.54) is 6.20 Å². The number of carboxylic acid groups (broad SMARTS) is 1. The van der Waals surface area contributed by atoms with Gasteiger partial charge in [0.2, 0.25) is 11.4 Å². The number of benzene rings is 2. The molecule has 2 aromatic carbocycles. The first-order chi connectivity index (χ1) is 18.3. The second kappa shape index (κ2) is 9.78. The highest BCUT2D eigenvalue weighted by molar-refractivity contribution is 5.93. The van der Waals surface area contributed by atoms with Gasteiger partial charge in [-0.25, -0.2) is 9.78 Å². The summed E-state index contributed by atoms with van der Waals surface area (Å²) in [5, 5.41) is 9.83. The van der Waals surface area contributed by atoms with Gasteiger partial charge in [0.15, 0.2) is 11.5 Å². The van der Waals surface area contributed by atoms with Crippen molar-refractivity contribution in [1.29, 1.82) is 0 Å². The number of hydrogen-bond acceptors (Lipinski definition) is 8. The normalized spacial score (nSPS) is 12.6. The Morgan fingerprint density at radius 1 is 1.16 bits per heavy atom. The zero-order chi connectivity index (χ0) is 27.0. The summed E-state index contributed by atoms with van der Waals surface area (Å²) in [4.78, 5) is 32.4. The molecule has 0 radical (unpaired) electrons. The molecule has 5 N–H and O–H groups in total. The predicted molar refractivity (Wildman–Crippen MR) is 143 cm³/mol. The van der Waals surface area contributed by atoms with E-state index in [0.717, 1.165) is 18.4 Å². The van der Waals surface area contributed by atoms with Crippen molar-refractivity contribution in [3.63, 3.8) is 0 Å². The summed E-state index contributed by atoms with van der Waals surface area (Å²) < 4.78 is 13.0. The number of nitrogen functional groups attached to an aromatic ring is 2. The number of aromatic carboxylic acids is 1. The van der Waals surface area contributed by atoms with Crippen LogP contribution in [0.1, 0.15) is 51.5 Å². The van der Waals surface area contributed by atoms with Gasteiger partial charge in [-0.3, -0.25) is 4.79 Å². The van der Waals surface area contributed by atoms with Gasteiger partial charge in [-0.2, -0.15) is 4.98 Å². The molecule has 10 nitrogen and oxygen atoms in total. The number of pyridine rings is 1. The van der Waals surface area contributed by atoms with Gasteiger partial charge < -0.3 is 30.6 Å². The monoisotopic (exact) mass is 511 g/mol. The van der Waals surface area contributed by atoms with Crippen molar-refractivity contribution < 1.29 is 19.4 Å². The lowest BCUT2D eigenvalue weighted by Crippen LogP contribution is -2.18. The molecule has 192 valence electrons. The van der Waals surface area contributed by atoms with Gasteiger partial charge >= 0.3 is 5.97 Å². The first kappa shape index (κ1) is 24.6. The van der Waals surface area contributed by atoms with Gasteiger partial charge in [-0.1, -0.05) is 11.8 Å². The van der Waals surface area contributed by atoms with E-state index in [-0.39, 0.29) is 17.6 Å². The molecular formula is C28H25N5O5. The van der Waals surface area contributed by atoms with Crippen molar-refractivity contribution in [2.45, 2.75) is 25.3 Å². The molecule has 1 fully saturated rings. The molecule has 10 heteroatoms. The molecule has 0 unspecified atom stereocenters. The Morgan fingerprint density at radius 3 is 2.61 bits per heavy atom. The SMILES string of the molecule is COc1cc(Cc2cnc(N)nc2N)cc(C#Cc2ccc3c(=O)c(C(=O)O)cn(C4CC4)c3c2)c1OC. The van der Waals surface area contributed by atoms with Crippen LogP contribution < -0.4 is 26.4 Å². The van der Waals surface area contributed by atoms with Crippen LogP contribution in [0.15, 0.2) is 47.5 Å². The Labute approximate surface area is 217 Å². The van der Waals surface area contributed by atoms with Crippen LogP contribution in [0.4, 0.5) is 11.8 Å². The van der Waals surface area contributed by atoms with Crippen LogP contribution in [0.5, 0.6) is 11.5 Å². The van der Waals surface area contributed by atoms with E-state index in [1.54, 1.807) is 32.5 Å². The highest BCUT2D eigenvalue weighted by Crippen LogP contribution is 2.37. The largest absolute Gasteiger partial charge is 0.493 e. The fourth-order valence-corrected chi connectivity index (χ4v) is 4.38. The number of nitrogens with zero attached hydrogens (tertiary/aromatic N) is 3. The van der Waals surface area contributed by atoms with Gasteiger partial charge in [-0.05, 0) is 48.7 Å². The smallest absolute Gasteiger partial charge is 0.341 e. The number of hydrogen-bond donors (Lipinski definition) is 3. The van der Waals surface area contributed by atoms with Gasteiger partial charge in [0, 0.05) is 41.4 Å². The zero-order valence-electron chi connectivity index (χ0n) is 20.8. The van der Waals surface area contributed by atoms with Crippen LogP contribution >= 0.6 is 0 Å². The van der Waals surface area contributed by atoms with Crippen molar-refractivity contribution in [2.75, 3.05) is 25.7 Å². The number of methoxy groups -OCH3 is 2. The maximum absolute atomic E-state index is 12.8. The number of anilines is 2. The minimum Gasteiger partial charge on any atom is -0.493 e. The van der Waals surface area contributed by atoms with Crippen LogP contribution in [0.3, 0.4) is 0 Å². The fourth-order valence-electron chi connectivity index (χ4n) is 4.38. The first-order valence-corrected chi connectivity index (χ1v) is 11.8. The van der Waals surface area contributed by atoms with Crippen molar-refractivity contribution in [3.8, 4) is 23.3 Å². The highest BCUT2D eigenvalue weighted by Gasteiger charge is 2.26. The molecule has 0 amide bonds. The Balaban J connectivity index is 1.57. The molecule has 1 aliphatic carbocycles. The van der Waals surface area contributed by atoms with Crippen molar-refractivity contribution in [1.82, 2.24) is 14.5 Å². The Bertz CT molecular complexity index is 1710. The molecule has 0 atom stereocenters. The zero-order valence-corrected chi connectivity index (χ0v) is 20.8. The minimum atomic E-state index is -1.23. The Hall–Kier alpha value is -5.04. The van der Waals surface area contributed by atoms with Crippen LogP contribution in [0.25, 0.3) is 10.9 Å². The summed E-state index contributed by atoms with van der Waals surface area (Å²) in [6.07, 6.45) is 5.31. The van der Waals surface area contributed by atoms with Crippen LogP contribution in [-0.2, 0) is 6.42 Å². The molecule has 4 aromatic rings. The van der Waals surface area contributed by atoms with Crippen LogP contribution in [0.2, 0.25) is 0 Å². The molecule has 38 heavy (non-hydrogen) atoms. The molecule has 5 rings (SSSR count). The molecular weight excluding hydrogens is 486 g/mol. The molecule has 0 spiro atoms. The number of carboxylic acids is 1. The number of ether oxygens (including phenoxy) is 2. The van der Waals surface area contributed by atoms with Gasteiger partial charge in [0.25, 0.3) is 0 Å². The average Bonchev–Trinajstić information content (AvgIpc) is 3.74. The number of fused-ring (bicyclic) bond motifs is 1. The highest BCUT2D eigenvalue weighted by atomic mass is 16.5. The summed E-state index contributed by atoms with van der Waals surface area (Å²) in [5.74, 6) is 6.46. The van der Waals surface area contributed by atoms with E-state index < -0.39 is 11.4 Å². The summed E-state index contributed by atoms with van der Waals surface area (Å²) >= 11 is 0. The lowest BCUT2D eigenvalue weighted by molar-refractivity contribution is 0.0695. The van der Waals surface area contributed by atoms with E-state index in [4.69, 9.17) is 20.9 Å². The number of aromatic nitrogens is 3. The Kier molecular flexibility index (Phi) is 6.34. The lowest BCUT2D eigenvalue weighted by atomic mass is 10.0. The maximum atomic E-state index is 12.8. The fraction of sp³-hybridized carbons (Fsp3) is 0.214. The van der Waals surface area contributed by atoms with E-state index in [9.17, 15) is 14.7 Å². The molecule has 1 aliphatic rings. The van der Waals surface area contributed by atoms with Crippen molar-refractivity contribution in [3.05, 3.63) is 80.8 Å². The van der Waals surface area contributed by atoms with E-state index in [0.29, 0.717) is 51.3 Å². The number of rotatable bonds is 6. The second-order valence-corrected chi connectivity index (χ2v) is 8.99. The third kappa shape index (κ3) is 4.69. The molecule has 0 saturated heterocycles. The van der Waals surface area contributed by atoms with Gasteiger partial charge in [0.1, 0.15) is 11.4 Å². The van der Waals surface area contributed by atoms with E-state index in [1.807, 2.05) is 22.8 Å². The molecule has 1 saturated carbocycles. The summed E-state index contributed by atoms with van der Waals surface area (Å²) in [5.41, 5.74) is 14.4. The third-order valence-corrected chi connectivity index (χ3v) is 6.40. The lowest BCUT2D eigenvalue weighted by Gasteiger charge is -2.13. The molecule has 2 aromatic heterocycles. The van der Waals surface area contributed by atoms with Crippen molar-refractivity contribution in [2.24, 2.45) is 0 Å². The van der Waals surface area contributed by atoms with E-state index in [2.05, 4.69) is 21.8 Å². The number of carbonyl (C=O) groups is 1. The average molecular weight is 512 g/mol. The summed E-state index contributed by atoms with van der Waals surface area (Å²) in [6.45, 7) is 0.